The first kappa shape index (κ1) is 9.59. The molecule has 2 aromatic rings. The van der Waals surface area contributed by atoms with E-state index in [4.69, 9.17) is 10.2 Å². The fourth-order valence-corrected chi connectivity index (χ4v) is 1.70. The fraction of sp³-hybridized carbons (Fsp3) is 0.0769. The van der Waals surface area contributed by atoms with Gasteiger partial charge in [0.1, 0.15) is 11.3 Å². The van der Waals surface area contributed by atoms with Gasteiger partial charge in [0.15, 0.2) is 0 Å². The summed E-state index contributed by atoms with van der Waals surface area (Å²) in [5.41, 5.74) is 8.47. The molecule has 76 valence electrons. The molecule has 0 radical (unpaired) electrons. The molecule has 15 heavy (non-hydrogen) atoms. The molecule has 0 aliphatic heterocycles. The van der Waals surface area contributed by atoms with Crippen LogP contribution in [0.4, 0.5) is 5.69 Å². The number of hydrogen-bond acceptors (Lipinski definition) is 2. The molecule has 2 rings (SSSR count). The van der Waals surface area contributed by atoms with E-state index in [9.17, 15) is 0 Å². The highest BCUT2D eigenvalue weighted by molar-refractivity contribution is 5.99. The molecule has 2 nitrogen and oxygen atoms in total. The number of anilines is 1. The van der Waals surface area contributed by atoms with Crippen LogP contribution >= 0.6 is 0 Å². The minimum absolute atomic E-state index is 0.734. The van der Waals surface area contributed by atoms with Crippen molar-refractivity contribution in [3.63, 3.8) is 0 Å². The molecule has 0 spiro atoms. The Morgan fingerprint density at radius 1 is 1.40 bits per heavy atom. The maximum absolute atomic E-state index is 5.93. The van der Waals surface area contributed by atoms with E-state index in [2.05, 4.69) is 6.58 Å². The van der Waals surface area contributed by atoms with Gasteiger partial charge >= 0.3 is 0 Å². The molecule has 0 aliphatic carbocycles. The zero-order valence-corrected chi connectivity index (χ0v) is 8.66. The van der Waals surface area contributed by atoms with Crippen LogP contribution in [0.1, 0.15) is 18.2 Å². The Bertz CT molecular complexity index is 535. The molecule has 1 aromatic carbocycles. The standard InChI is InChI=1S/C13H13NO/c1-3-6-9-11(4-2)15-12-8-5-7-10(14)13(9)12/h3-8H,2,14H2,1H3/b6-3-. The van der Waals surface area contributed by atoms with Crippen molar-refractivity contribution in [2.45, 2.75) is 6.92 Å². The van der Waals surface area contributed by atoms with Gasteiger partial charge in [-0.25, -0.2) is 0 Å². The van der Waals surface area contributed by atoms with Crippen LogP contribution in [0.5, 0.6) is 0 Å². The van der Waals surface area contributed by atoms with Crippen LogP contribution in [0.2, 0.25) is 0 Å². The van der Waals surface area contributed by atoms with Crippen molar-refractivity contribution in [3.05, 3.63) is 42.2 Å². The summed E-state index contributed by atoms with van der Waals surface area (Å²) in [5, 5.41) is 0.963. The Labute approximate surface area is 88.7 Å². The van der Waals surface area contributed by atoms with Crippen LogP contribution in [0.25, 0.3) is 23.1 Å². The Kier molecular flexibility index (Phi) is 2.34. The van der Waals surface area contributed by atoms with Gasteiger partial charge in [-0.15, -0.1) is 0 Å². The zero-order valence-electron chi connectivity index (χ0n) is 8.66. The Balaban J connectivity index is 2.88. The third kappa shape index (κ3) is 1.44. The summed E-state index contributed by atoms with van der Waals surface area (Å²) in [4.78, 5) is 0. The molecule has 0 fully saturated rings. The second-order valence-corrected chi connectivity index (χ2v) is 3.30. The smallest absolute Gasteiger partial charge is 0.137 e. The van der Waals surface area contributed by atoms with Gasteiger partial charge in [-0.05, 0) is 25.1 Å². The number of fused-ring (bicyclic) bond motifs is 1. The van der Waals surface area contributed by atoms with E-state index < -0.39 is 0 Å². The van der Waals surface area contributed by atoms with E-state index in [0.29, 0.717) is 0 Å². The van der Waals surface area contributed by atoms with Crippen molar-refractivity contribution in [1.82, 2.24) is 0 Å². The maximum Gasteiger partial charge on any atom is 0.137 e. The predicted molar refractivity (Wildman–Crippen MR) is 65.4 cm³/mol. The Morgan fingerprint density at radius 2 is 2.20 bits per heavy atom. The van der Waals surface area contributed by atoms with Crippen LogP contribution in [-0.2, 0) is 0 Å². The normalized spacial score (nSPS) is 11.3. The van der Waals surface area contributed by atoms with E-state index in [0.717, 1.165) is 28.0 Å². The highest BCUT2D eigenvalue weighted by Gasteiger charge is 2.11. The van der Waals surface area contributed by atoms with E-state index in [1.54, 1.807) is 6.08 Å². The highest BCUT2D eigenvalue weighted by atomic mass is 16.3. The molecule has 0 amide bonds. The summed E-state index contributed by atoms with van der Waals surface area (Å²) in [7, 11) is 0. The van der Waals surface area contributed by atoms with Crippen molar-refractivity contribution in [2.24, 2.45) is 0 Å². The maximum atomic E-state index is 5.93. The van der Waals surface area contributed by atoms with Crippen molar-refractivity contribution < 1.29 is 4.42 Å². The van der Waals surface area contributed by atoms with E-state index in [-0.39, 0.29) is 0 Å². The molecule has 2 heteroatoms. The predicted octanol–water partition coefficient (Wildman–Crippen LogP) is 3.69. The molecule has 1 heterocycles. The molecule has 0 bridgehead atoms. The van der Waals surface area contributed by atoms with Crippen molar-refractivity contribution in [2.75, 3.05) is 5.73 Å². The van der Waals surface area contributed by atoms with E-state index in [1.807, 2.05) is 37.3 Å². The Hall–Kier alpha value is -1.96. The molecular weight excluding hydrogens is 186 g/mol. The van der Waals surface area contributed by atoms with Crippen molar-refractivity contribution in [3.8, 4) is 0 Å². The monoisotopic (exact) mass is 199 g/mol. The van der Waals surface area contributed by atoms with E-state index in [1.165, 1.54) is 0 Å². The zero-order chi connectivity index (χ0) is 10.8. The lowest BCUT2D eigenvalue weighted by Gasteiger charge is -1.95. The quantitative estimate of drug-likeness (QED) is 0.749. The van der Waals surface area contributed by atoms with Gasteiger partial charge in [0.05, 0.1) is 5.39 Å². The summed E-state index contributed by atoms with van der Waals surface area (Å²) >= 11 is 0. The topological polar surface area (TPSA) is 39.2 Å². The molecular formula is C13H13NO. The van der Waals surface area contributed by atoms with Crippen LogP contribution in [0, 0.1) is 0 Å². The minimum Gasteiger partial charge on any atom is -0.456 e. The largest absolute Gasteiger partial charge is 0.456 e. The van der Waals surface area contributed by atoms with Gasteiger partial charge in [-0.1, -0.05) is 24.8 Å². The molecule has 0 atom stereocenters. The summed E-state index contributed by atoms with van der Waals surface area (Å²) in [6.07, 6.45) is 5.65. The average Bonchev–Trinajstić information content (AvgIpc) is 2.58. The van der Waals surface area contributed by atoms with Crippen molar-refractivity contribution >= 4 is 28.8 Å². The second kappa shape index (κ2) is 3.65. The van der Waals surface area contributed by atoms with Crippen LogP contribution in [-0.4, -0.2) is 0 Å². The van der Waals surface area contributed by atoms with Gasteiger partial charge < -0.3 is 10.2 Å². The third-order valence-electron chi connectivity index (χ3n) is 2.33. The molecule has 0 aliphatic rings. The first-order chi connectivity index (χ1) is 7.27. The summed E-state index contributed by atoms with van der Waals surface area (Å²) < 4.78 is 5.63. The van der Waals surface area contributed by atoms with Gasteiger partial charge in [-0.2, -0.15) is 0 Å². The van der Waals surface area contributed by atoms with Crippen LogP contribution < -0.4 is 5.73 Å². The van der Waals surface area contributed by atoms with Crippen molar-refractivity contribution in [1.29, 1.82) is 0 Å². The van der Waals surface area contributed by atoms with Crippen LogP contribution in [0.3, 0.4) is 0 Å². The number of rotatable bonds is 2. The first-order valence-electron chi connectivity index (χ1n) is 4.84. The minimum atomic E-state index is 0.734. The average molecular weight is 199 g/mol. The SMILES string of the molecule is C=Cc1oc2cccc(N)c2c1/C=C\C. The summed E-state index contributed by atoms with van der Waals surface area (Å²) in [6, 6.07) is 5.66. The molecule has 1 aromatic heterocycles. The number of nitrogen functional groups attached to an aromatic ring is 1. The lowest BCUT2D eigenvalue weighted by Crippen LogP contribution is -1.85. The lowest BCUT2D eigenvalue weighted by atomic mass is 10.1. The Morgan fingerprint density at radius 3 is 2.87 bits per heavy atom. The number of benzene rings is 1. The first-order valence-corrected chi connectivity index (χ1v) is 4.84. The molecule has 0 unspecified atom stereocenters. The van der Waals surface area contributed by atoms with Crippen LogP contribution in [0.15, 0.2) is 35.3 Å². The summed E-state index contributed by atoms with van der Waals surface area (Å²) in [5.74, 6) is 0.765. The summed E-state index contributed by atoms with van der Waals surface area (Å²) in [6.45, 7) is 5.69. The molecule has 2 N–H and O–H groups in total. The fourth-order valence-electron chi connectivity index (χ4n) is 1.70. The van der Waals surface area contributed by atoms with E-state index >= 15 is 0 Å². The lowest BCUT2D eigenvalue weighted by molar-refractivity contribution is 0.603. The third-order valence-corrected chi connectivity index (χ3v) is 2.33. The number of hydrogen-bond donors (Lipinski definition) is 1. The second-order valence-electron chi connectivity index (χ2n) is 3.30. The van der Waals surface area contributed by atoms with Gasteiger partial charge in [0, 0.05) is 11.3 Å². The molecule has 0 saturated heterocycles. The number of allylic oxidation sites excluding steroid dienone is 1. The highest BCUT2D eigenvalue weighted by Crippen LogP contribution is 2.31. The number of furan rings is 1. The molecule has 0 saturated carbocycles. The number of nitrogens with two attached hydrogens (primary N) is 1. The van der Waals surface area contributed by atoms with Gasteiger partial charge in [-0.3, -0.25) is 0 Å². The van der Waals surface area contributed by atoms with Gasteiger partial charge in [0.2, 0.25) is 0 Å². The van der Waals surface area contributed by atoms with Gasteiger partial charge in [0.25, 0.3) is 0 Å².